The van der Waals surface area contributed by atoms with Crippen LogP contribution in [-0.2, 0) is 6.42 Å². The van der Waals surface area contributed by atoms with Crippen LogP contribution in [0, 0.1) is 5.82 Å². The molecular formula is C16H15BrCl2FN. The lowest BCUT2D eigenvalue weighted by Crippen LogP contribution is -2.23. The quantitative estimate of drug-likeness (QED) is 0.681. The Morgan fingerprint density at radius 2 is 1.95 bits per heavy atom. The lowest BCUT2D eigenvalue weighted by atomic mass is 9.98. The topological polar surface area (TPSA) is 12.0 Å². The molecular weight excluding hydrogens is 376 g/mol. The van der Waals surface area contributed by atoms with Crippen LogP contribution in [0.3, 0.4) is 0 Å². The Hall–Kier alpha value is -0.610. The van der Waals surface area contributed by atoms with E-state index in [1.54, 1.807) is 12.1 Å². The summed E-state index contributed by atoms with van der Waals surface area (Å²) >= 11 is 15.5. The Morgan fingerprint density at radius 1 is 1.19 bits per heavy atom. The normalized spacial score (nSPS) is 12.4. The van der Waals surface area contributed by atoms with E-state index in [2.05, 4.69) is 21.2 Å². The van der Waals surface area contributed by atoms with Crippen molar-refractivity contribution in [3.8, 4) is 0 Å². The Bertz CT molecular complexity index is 634. The summed E-state index contributed by atoms with van der Waals surface area (Å²) < 4.78 is 14.9. The highest BCUT2D eigenvalue weighted by Crippen LogP contribution is 2.29. The van der Waals surface area contributed by atoms with Gasteiger partial charge in [0.05, 0.1) is 0 Å². The van der Waals surface area contributed by atoms with Crippen LogP contribution in [0.1, 0.15) is 24.1 Å². The number of benzene rings is 2. The van der Waals surface area contributed by atoms with Gasteiger partial charge < -0.3 is 5.32 Å². The maximum absolute atomic E-state index is 14.0. The summed E-state index contributed by atoms with van der Waals surface area (Å²) in [5.74, 6) is -0.293. The molecule has 0 spiro atoms. The maximum atomic E-state index is 14.0. The molecule has 2 aromatic carbocycles. The molecule has 0 aliphatic rings. The largest absolute Gasteiger partial charge is 0.310 e. The average Bonchev–Trinajstić information content (AvgIpc) is 2.41. The van der Waals surface area contributed by atoms with Crippen LogP contribution in [0.15, 0.2) is 40.9 Å². The van der Waals surface area contributed by atoms with Crippen LogP contribution < -0.4 is 5.32 Å². The molecule has 1 N–H and O–H groups in total. The summed E-state index contributed by atoms with van der Waals surface area (Å²) in [6.45, 7) is 2.78. The van der Waals surface area contributed by atoms with E-state index >= 15 is 0 Å². The highest BCUT2D eigenvalue weighted by molar-refractivity contribution is 9.10. The minimum absolute atomic E-state index is 0.0497. The van der Waals surface area contributed by atoms with Gasteiger partial charge in [-0.25, -0.2) is 4.39 Å². The van der Waals surface area contributed by atoms with Crippen LogP contribution in [0.5, 0.6) is 0 Å². The molecule has 0 aliphatic carbocycles. The lowest BCUT2D eigenvalue weighted by Gasteiger charge is -2.20. The van der Waals surface area contributed by atoms with Crippen LogP contribution in [-0.4, -0.2) is 6.54 Å². The number of nitrogens with one attached hydrogen (secondary N) is 1. The Balaban J connectivity index is 2.30. The van der Waals surface area contributed by atoms with Crippen molar-refractivity contribution in [1.82, 2.24) is 5.32 Å². The molecule has 0 radical (unpaired) electrons. The van der Waals surface area contributed by atoms with Gasteiger partial charge in [-0.1, -0.05) is 58.2 Å². The summed E-state index contributed by atoms with van der Waals surface area (Å²) in [4.78, 5) is 0. The van der Waals surface area contributed by atoms with E-state index < -0.39 is 0 Å². The third kappa shape index (κ3) is 4.43. The zero-order valence-electron chi connectivity index (χ0n) is 11.5. The van der Waals surface area contributed by atoms with E-state index in [-0.39, 0.29) is 11.9 Å². The minimum Gasteiger partial charge on any atom is -0.310 e. The molecule has 0 saturated heterocycles. The van der Waals surface area contributed by atoms with Crippen molar-refractivity contribution in [2.24, 2.45) is 0 Å². The standard InChI is InChI=1S/C16H15BrCl2FN/c1-2-21-16(13-6-4-11(17)8-14(13)19)7-10-3-5-12(18)9-15(10)20/h3-6,8-9,16,21H,2,7H2,1H3. The molecule has 0 saturated carbocycles. The van der Waals surface area contributed by atoms with Gasteiger partial charge in [-0.3, -0.25) is 0 Å². The van der Waals surface area contributed by atoms with Gasteiger partial charge >= 0.3 is 0 Å². The second kappa shape index (κ2) is 7.59. The predicted octanol–water partition coefficient (Wildman–Crippen LogP) is 5.79. The first kappa shape index (κ1) is 16.8. The van der Waals surface area contributed by atoms with Crippen molar-refractivity contribution >= 4 is 39.1 Å². The Morgan fingerprint density at radius 3 is 2.57 bits per heavy atom. The van der Waals surface area contributed by atoms with Gasteiger partial charge in [-0.15, -0.1) is 0 Å². The Labute approximate surface area is 142 Å². The molecule has 0 bridgehead atoms. The zero-order valence-corrected chi connectivity index (χ0v) is 14.6. The lowest BCUT2D eigenvalue weighted by molar-refractivity contribution is 0.528. The molecule has 0 amide bonds. The van der Waals surface area contributed by atoms with Crippen LogP contribution in [0.2, 0.25) is 10.0 Å². The fraction of sp³-hybridized carbons (Fsp3) is 0.250. The summed E-state index contributed by atoms with van der Waals surface area (Å²) in [5.41, 5.74) is 1.57. The molecule has 1 unspecified atom stereocenters. The van der Waals surface area contributed by atoms with Gasteiger partial charge in [0.2, 0.25) is 0 Å². The van der Waals surface area contributed by atoms with Crippen LogP contribution >= 0.6 is 39.1 Å². The first-order valence-electron chi connectivity index (χ1n) is 6.63. The van der Waals surface area contributed by atoms with Crippen molar-refractivity contribution in [2.75, 3.05) is 6.54 Å². The fourth-order valence-electron chi connectivity index (χ4n) is 2.23. The second-order valence-electron chi connectivity index (χ2n) is 4.72. The fourth-order valence-corrected chi connectivity index (χ4v) is 3.19. The van der Waals surface area contributed by atoms with Crippen LogP contribution in [0.25, 0.3) is 0 Å². The molecule has 1 atom stereocenters. The summed E-state index contributed by atoms with van der Waals surface area (Å²) in [5, 5.41) is 4.41. The van der Waals surface area contributed by atoms with Gasteiger partial charge in [0, 0.05) is 20.6 Å². The molecule has 0 heterocycles. The highest BCUT2D eigenvalue weighted by atomic mass is 79.9. The van der Waals surface area contributed by atoms with Gasteiger partial charge in [-0.2, -0.15) is 0 Å². The zero-order chi connectivity index (χ0) is 15.4. The maximum Gasteiger partial charge on any atom is 0.127 e. The van der Waals surface area contributed by atoms with Crippen molar-refractivity contribution < 1.29 is 4.39 Å². The average molecular weight is 391 g/mol. The highest BCUT2D eigenvalue weighted by Gasteiger charge is 2.16. The van der Waals surface area contributed by atoms with Gasteiger partial charge in [0.1, 0.15) is 5.82 Å². The smallest absolute Gasteiger partial charge is 0.127 e. The van der Waals surface area contributed by atoms with Crippen molar-refractivity contribution in [1.29, 1.82) is 0 Å². The molecule has 0 aromatic heterocycles. The van der Waals surface area contributed by atoms with E-state index in [9.17, 15) is 4.39 Å². The predicted molar refractivity (Wildman–Crippen MR) is 90.7 cm³/mol. The van der Waals surface area contributed by atoms with Gasteiger partial charge in [-0.05, 0) is 48.4 Å². The van der Waals surface area contributed by atoms with E-state index in [0.717, 1.165) is 16.6 Å². The van der Waals surface area contributed by atoms with Crippen molar-refractivity contribution in [2.45, 2.75) is 19.4 Å². The van der Waals surface area contributed by atoms with Crippen LogP contribution in [0.4, 0.5) is 4.39 Å². The molecule has 0 fully saturated rings. The molecule has 21 heavy (non-hydrogen) atoms. The summed E-state index contributed by atoms with van der Waals surface area (Å²) in [6.07, 6.45) is 0.512. The number of hydrogen-bond acceptors (Lipinski definition) is 1. The van der Waals surface area contributed by atoms with E-state index in [4.69, 9.17) is 23.2 Å². The second-order valence-corrected chi connectivity index (χ2v) is 6.48. The molecule has 1 nitrogen and oxygen atoms in total. The molecule has 5 heteroatoms. The van der Waals surface area contributed by atoms with Gasteiger partial charge in [0.15, 0.2) is 0 Å². The first-order chi connectivity index (χ1) is 10.0. The first-order valence-corrected chi connectivity index (χ1v) is 8.18. The molecule has 0 aliphatic heterocycles. The van der Waals surface area contributed by atoms with E-state index in [1.165, 1.54) is 6.07 Å². The minimum atomic E-state index is -0.293. The van der Waals surface area contributed by atoms with Gasteiger partial charge in [0.25, 0.3) is 0 Å². The van der Waals surface area contributed by atoms with Crippen molar-refractivity contribution in [3.63, 3.8) is 0 Å². The molecule has 112 valence electrons. The number of halogens is 4. The van der Waals surface area contributed by atoms with Crippen molar-refractivity contribution in [3.05, 3.63) is 67.9 Å². The summed E-state index contributed by atoms with van der Waals surface area (Å²) in [6, 6.07) is 10.4. The molecule has 2 aromatic rings. The van der Waals surface area contributed by atoms with E-state index in [1.807, 2.05) is 25.1 Å². The monoisotopic (exact) mass is 389 g/mol. The summed E-state index contributed by atoms with van der Waals surface area (Å²) in [7, 11) is 0. The number of hydrogen-bond donors (Lipinski definition) is 1. The SMILES string of the molecule is CCNC(Cc1ccc(Cl)cc1F)c1ccc(Br)cc1Cl. The molecule has 2 rings (SSSR count). The third-order valence-corrected chi connectivity index (χ3v) is 4.28. The number of rotatable bonds is 5. The Kier molecular flexibility index (Phi) is 6.06. The van der Waals surface area contributed by atoms with E-state index in [0.29, 0.717) is 22.0 Å². The third-order valence-electron chi connectivity index (χ3n) is 3.23. The number of likely N-dealkylation sites (N-methyl/N-ethyl adjacent to an activating group) is 1.